The van der Waals surface area contributed by atoms with E-state index in [0.29, 0.717) is 25.1 Å². The Balaban J connectivity index is 1.50. The summed E-state index contributed by atoms with van der Waals surface area (Å²) >= 11 is 0. The molecule has 0 aliphatic carbocycles. The van der Waals surface area contributed by atoms with Crippen LogP contribution in [0.1, 0.15) is 22.3 Å². The van der Waals surface area contributed by atoms with Gasteiger partial charge in [0.2, 0.25) is 0 Å². The number of hydrogen-bond donors (Lipinski definition) is 1. The van der Waals surface area contributed by atoms with Gasteiger partial charge in [-0.1, -0.05) is 18.2 Å². The zero-order valence-corrected chi connectivity index (χ0v) is 18.6. The highest BCUT2D eigenvalue weighted by molar-refractivity contribution is 7.87. The molecule has 1 amide bonds. The van der Waals surface area contributed by atoms with Gasteiger partial charge in [-0.25, -0.2) is 0 Å². The molecule has 0 saturated heterocycles. The maximum absolute atomic E-state index is 12.4. The molecule has 0 heterocycles. The topological polar surface area (TPSA) is 125 Å². The number of nitrogens with one attached hydrogen (secondary N) is 1. The first-order chi connectivity index (χ1) is 15.7. The maximum Gasteiger partial charge on any atom is 0.339 e. The van der Waals surface area contributed by atoms with E-state index in [1.165, 1.54) is 42.5 Å². The standard InChI is InChI=1S/C23H22N2O7S/c1-17-5-2-7-21(15-17)31-14-4-13-24-23(26)18-9-11-20(12-10-18)32-33(29,30)22-8-3-6-19(16-22)25(27)28/h2-3,5-12,15-16H,4,13-14H2,1H3,(H,24,26). The summed E-state index contributed by atoms with van der Waals surface area (Å²) < 4.78 is 35.4. The van der Waals surface area contributed by atoms with Crippen LogP contribution in [0.2, 0.25) is 0 Å². The number of hydrogen-bond acceptors (Lipinski definition) is 7. The van der Waals surface area contributed by atoms with Gasteiger partial charge in [0.15, 0.2) is 0 Å². The number of carbonyl (C=O) groups is 1. The van der Waals surface area contributed by atoms with Gasteiger partial charge >= 0.3 is 10.1 Å². The summed E-state index contributed by atoms with van der Waals surface area (Å²) in [5, 5.41) is 13.6. The van der Waals surface area contributed by atoms with Gasteiger partial charge in [-0.3, -0.25) is 14.9 Å². The second kappa shape index (κ2) is 10.6. The predicted molar refractivity (Wildman–Crippen MR) is 121 cm³/mol. The Morgan fingerprint density at radius 3 is 2.42 bits per heavy atom. The highest BCUT2D eigenvalue weighted by atomic mass is 32.2. The number of rotatable bonds is 10. The molecule has 9 nitrogen and oxygen atoms in total. The molecule has 0 fully saturated rings. The Morgan fingerprint density at radius 1 is 1.00 bits per heavy atom. The predicted octanol–water partition coefficient (Wildman–Crippen LogP) is 3.87. The smallest absolute Gasteiger partial charge is 0.339 e. The van der Waals surface area contributed by atoms with Crippen LogP contribution in [0.4, 0.5) is 5.69 Å². The van der Waals surface area contributed by atoms with Crippen LogP contribution in [0, 0.1) is 17.0 Å². The summed E-state index contributed by atoms with van der Waals surface area (Å²) in [6.07, 6.45) is 0.613. The summed E-state index contributed by atoms with van der Waals surface area (Å²) in [4.78, 5) is 22.1. The van der Waals surface area contributed by atoms with E-state index >= 15 is 0 Å². The van der Waals surface area contributed by atoms with Gasteiger partial charge in [0, 0.05) is 24.2 Å². The number of aryl methyl sites for hydroxylation is 1. The second-order valence-corrected chi connectivity index (χ2v) is 8.64. The highest BCUT2D eigenvalue weighted by Gasteiger charge is 2.20. The third-order valence-corrected chi connectivity index (χ3v) is 5.75. The fourth-order valence-corrected chi connectivity index (χ4v) is 3.83. The lowest BCUT2D eigenvalue weighted by atomic mass is 10.2. The Morgan fingerprint density at radius 2 is 1.73 bits per heavy atom. The zero-order valence-electron chi connectivity index (χ0n) is 17.8. The normalized spacial score (nSPS) is 10.9. The van der Waals surface area contributed by atoms with E-state index in [0.717, 1.165) is 17.4 Å². The van der Waals surface area contributed by atoms with Crippen LogP contribution in [0.15, 0.2) is 77.7 Å². The molecule has 0 spiro atoms. The van der Waals surface area contributed by atoms with Crippen molar-refractivity contribution in [3.05, 3.63) is 94.0 Å². The average molecular weight is 471 g/mol. The van der Waals surface area contributed by atoms with E-state index in [2.05, 4.69) is 5.32 Å². The minimum Gasteiger partial charge on any atom is -0.494 e. The molecule has 3 aromatic carbocycles. The molecule has 172 valence electrons. The van der Waals surface area contributed by atoms with Crippen LogP contribution in [-0.2, 0) is 10.1 Å². The zero-order chi connectivity index (χ0) is 23.8. The summed E-state index contributed by atoms with van der Waals surface area (Å²) in [7, 11) is -4.27. The molecule has 10 heteroatoms. The Kier molecular flexibility index (Phi) is 7.62. The number of carbonyl (C=O) groups excluding carboxylic acids is 1. The molecule has 0 unspecified atom stereocenters. The van der Waals surface area contributed by atoms with Gasteiger partial charge in [0.1, 0.15) is 16.4 Å². The first kappa shape index (κ1) is 23.7. The van der Waals surface area contributed by atoms with Crippen LogP contribution in [0.3, 0.4) is 0 Å². The van der Waals surface area contributed by atoms with Gasteiger partial charge in [0.05, 0.1) is 11.5 Å². The number of nitro benzene ring substituents is 1. The summed E-state index contributed by atoms with van der Waals surface area (Å²) in [5.41, 5.74) is 1.07. The van der Waals surface area contributed by atoms with E-state index in [-0.39, 0.29) is 22.2 Å². The summed E-state index contributed by atoms with van der Waals surface area (Å²) in [5.74, 6) is 0.431. The molecule has 0 aromatic heterocycles. The Hall–Kier alpha value is -3.92. The van der Waals surface area contributed by atoms with Crippen molar-refractivity contribution in [3.8, 4) is 11.5 Å². The Bertz CT molecular complexity index is 1240. The number of ether oxygens (including phenoxy) is 1. The molecule has 33 heavy (non-hydrogen) atoms. The van der Waals surface area contributed by atoms with E-state index in [9.17, 15) is 23.3 Å². The molecule has 0 aliphatic heterocycles. The third-order valence-electron chi connectivity index (χ3n) is 4.50. The first-order valence-corrected chi connectivity index (χ1v) is 11.4. The summed E-state index contributed by atoms with van der Waals surface area (Å²) in [6.45, 7) is 2.84. The highest BCUT2D eigenvalue weighted by Crippen LogP contribution is 2.22. The minimum absolute atomic E-state index is 0.0235. The quantitative estimate of drug-likeness (QED) is 0.206. The fourth-order valence-electron chi connectivity index (χ4n) is 2.86. The van der Waals surface area contributed by atoms with Crippen LogP contribution < -0.4 is 14.2 Å². The number of nitrogens with zero attached hydrogens (tertiary/aromatic N) is 1. The van der Waals surface area contributed by atoms with Crippen molar-refractivity contribution < 1.29 is 27.1 Å². The molecular weight excluding hydrogens is 448 g/mol. The van der Waals surface area contributed by atoms with Crippen molar-refractivity contribution in [2.24, 2.45) is 0 Å². The van der Waals surface area contributed by atoms with Crippen molar-refractivity contribution in [1.29, 1.82) is 0 Å². The van der Waals surface area contributed by atoms with Gasteiger partial charge in [-0.2, -0.15) is 8.42 Å². The molecular formula is C23H22N2O7S. The van der Waals surface area contributed by atoms with Crippen LogP contribution in [0.25, 0.3) is 0 Å². The molecule has 0 bridgehead atoms. The molecule has 3 aromatic rings. The number of nitro groups is 1. The lowest BCUT2D eigenvalue weighted by molar-refractivity contribution is -0.385. The van der Waals surface area contributed by atoms with Crippen molar-refractivity contribution in [1.82, 2.24) is 5.32 Å². The number of non-ortho nitro benzene ring substituents is 1. The van der Waals surface area contributed by atoms with Crippen molar-refractivity contribution in [3.63, 3.8) is 0 Å². The fraction of sp³-hybridized carbons (Fsp3) is 0.174. The molecule has 1 N–H and O–H groups in total. The van der Waals surface area contributed by atoms with Gasteiger partial charge in [-0.05, 0) is 61.4 Å². The molecule has 3 rings (SSSR count). The van der Waals surface area contributed by atoms with E-state index in [1.807, 2.05) is 31.2 Å². The lowest BCUT2D eigenvalue weighted by Crippen LogP contribution is -2.25. The molecule has 0 aliphatic rings. The van der Waals surface area contributed by atoms with Crippen molar-refractivity contribution >= 4 is 21.7 Å². The van der Waals surface area contributed by atoms with Crippen molar-refractivity contribution in [2.75, 3.05) is 13.2 Å². The number of benzene rings is 3. The molecule has 0 atom stereocenters. The molecule has 0 radical (unpaired) electrons. The SMILES string of the molecule is Cc1cccc(OCCCNC(=O)c2ccc(OS(=O)(=O)c3cccc([N+](=O)[O-])c3)cc2)c1. The van der Waals surface area contributed by atoms with Crippen LogP contribution in [0.5, 0.6) is 11.5 Å². The lowest BCUT2D eigenvalue weighted by Gasteiger charge is -2.09. The van der Waals surface area contributed by atoms with Gasteiger partial charge in [0.25, 0.3) is 11.6 Å². The van der Waals surface area contributed by atoms with E-state index in [4.69, 9.17) is 8.92 Å². The third kappa shape index (κ3) is 6.78. The first-order valence-electron chi connectivity index (χ1n) is 10.0. The van der Waals surface area contributed by atoms with E-state index < -0.39 is 15.0 Å². The van der Waals surface area contributed by atoms with Crippen molar-refractivity contribution in [2.45, 2.75) is 18.2 Å². The summed E-state index contributed by atoms with van der Waals surface area (Å²) in [6, 6.07) is 17.8. The maximum atomic E-state index is 12.4. The minimum atomic E-state index is -4.27. The monoisotopic (exact) mass is 470 g/mol. The largest absolute Gasteiger partial charge is 0.494 e. The van der Waals surface area contributed by atoms with Gasteiger partial charge in [-0.15, -0.1) is 0 Å². The number of amides is 1. The average Bonchev–Trinajstić information content (AvgIpc) is 2.79. The van der Waals surface area contributed by atoms with Gasteiger partial charge < -0.3 is 14.2 Å². The van der Waals surface area contributed by atoms with Crippen LogP contribution >= 0.6 is 0 Å². The van der Waals surface area contributed by atoms with Crippen LogP contribution in [-0.4, -0.2) is 32.4 Å². The second-order valence-electron chi connectivity index (χ2n) is 7.09. The molecule has 0 saturated carbocycles. The van der Waals surface area contributed by atoms with E-state index in [1.54, 1.807) is 0 Å². The Labute approximate surface area is 191 Å².